The van der Waals surface area contributed by atoms with Crippen LogP contribution in [-0.4, -0.2) is 84.1 Å². The van der Waals surface area contributed by atoms with Crippen LogP contribution in [0.2, 0.25) is 0 Å². The minimum Gasteiger partial charge on any atom is -0.381 e. The smallest absolute Gasteiger partial charge is 0.124 e. The maximum Gasteiger partial charge on any atom is 0.124 e. The summed E-state index contributed by atoms with van der Waals surface area (Å²) in [5.74, 6) is 2.77. The lowest BCUT2D eigenvalue weighted by atomic mass is 9.95. The van der Waals surface area contributed by atoms with Crippen LogP contribution in [0.25, 0.3) is 33.3 Å². The normalized spacial score (nSPS) is 24.0. The highest BCUT2D eigenvalue weighted by Crippen LogP contribution is 2.37. The summed E-state index contributed by atoms with van der Waals surface area (Å²) in [7, 11) is 0. The molecule has 0 amide bonds. The number of imidazole rings is 1. The maximum absolute atomic E-state index is 5.59. The zero-order valence-corrected chi connectivity index (χ0v) is 29.6. The first kappa shape index (κ1) is 32.5. The molecule has 0 saturated carbocycles. The van der Waals surface area contributed by atoms with Gasteiger partial charge in [0.2, 0.25) is 0 Å². The van der Waals surface area contributed by atoms with Crippen molar-refractivity contribution < 1.29 is 9.47 Å². The molecular formula is C43H53N5O2. The van der Waals surface area contributed by atoms with E-state index in [0.29, 0.717) is 12.1 Å². The molecule has 50 heavy (non-hydrogen) atoms. The molecule has 0 aliphatic carbocycles. The van der Waals surface area contributed by atoms with Crippen LogP contribution in [0.1, 0.15) is 81.6 Å². The van der Waals surface area contributed by atoms with Crippen molar-refractivity contribution in [3.05, 3.63) is 72.1 Å². The third-order valence-corrected chi connectivity index (χ3v) is 12.5. The first-order valence-corrected chi connectivity index (χ1v) is 19.7. The molecule has 1 aromatic heterocycles. The highest BCUT2D eigenvalue weighted by atomic mass is 16.5. The second kappa shape index (κ2) is 14.7. The number of aromatic amines is 1. The van der Waals surface area contributed by atoms with Gasteiger partial charge in [0.05, 0.1) is 22.8 Å². The van der Waals surface area contributed by atoms with Crippen LogP contribution in [-0.2, 0) is 15.9 Å². The van der Waals surface area contributed by atoms with Crippen molar-refractivity contribution in [2.45, 2.75) is 82.7 Å². The minimum atomic E-state index is 0.400. The lowest BCUT2D eigenvalue weighted by Crippen LogP contribution is -2.37. The number of nitrogens with one attached hydrogen (secondary N) is 1. The second-order valence-corrected chi connectivity index (χ2v) is 15.6. The molecule has 3 aromatic carbocycles. The van der Waals surface area contributed by atoms with Gasteiger partial charge in [-0.25, -0.2) is 4.98 Å². The lowest BCUT2D eigenvalue weighted by molar-refractivity contribution is 0.0593. The molecule has 9 rings (SSSR count). The fourth-order valence-electron chi connectivity index (χ4n) is 9.44. The number of rotatable bonds is 10. The molecule has 5 aliphatic rings. The monoisotopic (exact) mass is 671 g/mol. The molecule has 0 radical (unpaired) electrons. The maximum atomic E-state index is 5.59. The van der Waals surface area contributed by atoms with Gasteiger partial charge in [-0.2, -0.15) is 0 Å². The topological polar surface area (TPSA) is 66.0 Å². The van der Waals surface area contributed by atoms with E-state index in [4.69, 9.17) is 19.5 Å². The van der Waals surface area contributed by atoms with Crippen molar-refractivity contribution in [1.82, 2.24) is 19.8 Å². The highest BCUT2D eigenvalue weighted by Gasteiger charge is 2.32. The Morgan fingerprint density at radius 2 is 1.22 bits per heavy atom. The first-order valence-electron chi connectivity index (χ1n) is 19.7. The van der Waals surface area contributed by atoms with Gasteiger partial charge in [0.25, 0.3) is 0 Å². The quantitative estimate of drug-likeness (QED) is 0.183. The van der Waals surface area contributed by atoms with Crippen LogP contribution in [0.4, 0.5) is 5.69 Å². The first-order chi connectivity index (χ1) is 24.7. The molecule has 4 aromatic rings. The van der Waals surface area contributed by atoms with Gasteiger partial charge >= 0.3 is 0 Å². The summed E-state index contributed by atoms with van der Waals surface area (Å²) in [5.41, 5.74) is 11.1. The standard InChI is InChI=1S/C43H53N5O2/c1-3-41(47(19-1)21-13-30-15-23-49-24-16-30)40-29-36-10-9-34(27-38(36)44-40)32-5-7-33(8-6-32)35-11-12-37-39(28-35)46-43(45-37)42-4-2-20-48(42)22-14-31-17-25-50-26-18-31/h5-12,27-28,30-31,41-42H,1-4,13-26,29H2,(H,45,46)/t41-,42?/m0/s1. The van der Waals surface area contributed by atoms with Crippen molar-refractivity contribution in [3.63, 3.8) is 0 Å². The van der Waals surface area contributed by atoms with Gasteiger partial charge in [-0.05, 0) is 148 Å². The van der Waals surface area contributed by atoms with Crippen molar-refractivity contribution in [2.75, 3.05) is 52.6 Å². The molecule has 0 bridgehead atoms. The summed E-state index contributed by atoms with van der Waals surface area (Å²) < 4.78 is 11.2. The Morgan fingerprint density at radius 1 is 0.640 bits per heavy atom. The zero-order chi connectivity index (χ0) is 33.3. The van der Waals surface area contributed by atoms with Crippen LogP contribution < -0.4 is 0 Å². The predicted molar refractivity (Wildman–Crippen MR) is 202 cm³/mol. The largest absolute Gasteiger partial charge is 0.381 e. The van der Waals surface area contributed by atoms with E-state index < -0.39 is 0 Å². The van der Waals surface area contributed by atoms with Crippen molar-refractivity contribution in [2.24, 2.45) is 16.8 Å². The van der Waals surface area contributed by atoms with Crippen molar-refractivity contribution >= 4 is 22.4 Å². The van der Waals surface area contributed by atoms with E-state index in [0.717, 1.165) is 68.1 Å². The second-order valence-electron chi connectivity index (χ2n) is 15.6. The Hall–Kier alpha value is -3.36. The van der Waals surface area contributed by atoms with Gasteiger partial charge in [-0.15, -0.1) is 0 Å². The average Bonchev–Trinajstić information content (AvgIpc) is 3.99. The lowest BCUT2D eigenvalue weighted by Gasteiger charge is -2.28. The summed E-state index contributed by atoms with van der Waals surface area (Å²) in [6.45, 7) is 8.51. The molecule has 262 valence electrons. The van der Waals surface area contributed by atoms with E-state index in [1.807, 2.05) is 0 Å². The zero-order valence-electron chi connectivity index (χ0n) is 29.6. The number of aliphatic imine (C=N–C) groups is 1. The molecule has 4 fully saturated rings. The van der Waals surface area contributed by atoms with Crippen LogP contribution >= 0.6 is 0 Å². The fraction of sp³-hybridized carbons (Fsp3) is 0.535. The van der Waals surface area contributed by atoms with E-state index in [1.54, 1.807) is 0 Å². The number of fused-ring (bicyclic) bond motifs is 2. The Bertz CT molecular complexity index is 1800. The van der Waals surface area contributed by atoms with E-state index in [1.165, 1.54) is 123 Å². The minimum absolute atomic E-state index is 0.400. The van der Waals surface area contributed by atoms with Crippen LogP contribution in [0, 0.1) is 11.8 Å². The molecule has 7 nitrogen and oxygen atoms in total. The highest BCUT2D eigenvalue weighted by molar-refractivity contribution is 5.98. The van der Waals surface area contributed by atoms with E-state index in [-0.39, 0.29) is 0 Å². The van der Waals surface area contributed by atoms with Gasteiger partial charge < -0.3 is 14.5 Å². The molecule has 5 aliphatic heterocycles. The summed E-state index contributed by atoms with van der Waals surface area (Å²) in [6, 6.07) is 23.6. The number of aromatic nitrogens is 2. The Kier molecular flexibility index (Phi) is 9.57. The van der Waals surface area contributed by atoms with E-state index in [9.17, 15) is 0 Å². The van der Waals surface area contributed by atoms with Crippen LogP contribution in [0.15, 0.2) is 65.7 Å². The summed E-state index contributed by atoms with van der Waals surface area (Å²) in [6.07, 6.45) is 13.4. The Balaban J connectivity index is 0.857. The predicted octanol–water partition coefficient (Wildman–Crippen LogP) is 8.76. The molecule has 0 spiro atoms. The number of H-pyrrole nitrogens is 1. The Morgan fingerprint density at radius 3 is 1.90 bits per heavy atom. The number of ether oxygens (including phenoxy) is 2. The molecular weight excluding hydrogens is 619 g/mol. The van der Waals surface area contributed by atoms with Crippen LogP contribution in [0.5, 0.6) is 0 Å². The third-order valence-electron chi connectivity index (χ3n) is 12.5. The van der Waals surface area contributed by atoms with Crippen LogP contribution in [0.3, 0.4) is 0 Å². The molecule has 2 atom stereocenters. The van der Waals surface area contributed by atoms with Crippen molar-refractivity contribution in [1.29, 1.82) is 0 Å². The number of hydrogen-bond acceptors (Lipinski definition) is 6. The Labute approximate surface area is 297 Å². The summed E-state index contributed by atoms with van der Waals surface area (Å²) >= 11 is 0. The number of nitrogens with zero attached hydrogens (tertiary/aromatic N) is 4. The van der Waals surface area contributed by atoms with Gasteiger partial charge in [-0.3, -0.25) is 14.8 Å². The van der Waals surface area contributed by atoms with E-state index in [2.05, 4.69) is 75.4 Å². The van der Waals surface area contributed by atoms with Gasteiger partial charge in [0.1, 0.15) is 5.82 Å². The van der Waals surface area contributed by atoms with Gasteiger partial charge in [0, 0.05) is 44.6 Å². The molecule has 7 heteroatoms. The molecule has 1 N–H and O–H groups in total. The summed E-state index contributed by atoms with van der Waals surface area (Å²) in [4.78, 5) is 19.5. The summed E-state index contributed by atoms with van der Waals surface area (Å²) in [5, 5.41) is 0. The molecule has 4 saturated heterocycles. The molecule has 1 unspecified atom stereocenters. The SMILES string of the molecule is c1cc(-c2ccc3nc(C4CCCN4CCC4CCOCC4)[nH]c3c2)ccc1-c1ccc2c(c1)N=C([C@@H]1CCCN1CCC1CCOCC1)C2. The average molecular weight is 672 g/mol. The van der Waals surface area contributed by atoms with Gasteiger partial charge in [0.15, 0.2) is 0 Å². The number of benzene rings is 3. The van der Waals surface area contributed by atoms with Crippen molar-refractivity contribution in [3.8, 4) is 22.3 Å². The van der Waals surface area contributed by atoms with Gasteiger partial charge in [-0.1, -0.05) is 42.5 Å². The van der Waals surface area contributed by atoms with E-state index >= 15 is 0 Å². The number of hydrogen-bond donors (Lipinski definition) is 1. The number of likely N-dealkylation sites (tertiary alicyclic amines) is 2. The molecule has 6 heterocycles. The third kappa shape index (κ3) is 6.94. The fourth-order valence-corrected chi connectivity index (χ4v) is 9.44.